The molecular weight excluding hydrogens is 252 g/mol. The van der Waals surface area contributed by atoms with E-state index in [4.69, 9.17) is 0 Å². The van der Waals surface area contributed by atoms with Crippen LogP contribution in [0.15, 0.2) is 65.1 Å². The molecule has 0 fully saturated rings. The quantitative estimate of drug-likeness (QED) is 0.507. The Morgan fingerprint density at radius 3 is 2.58 bits per heavy atom. The lowest BCUT2D eigenvalue weighted by molar-refractivity contribution is 1.02. The number of fused-ring (bicyclic) bond motifs is 1. The van der Waals surface area contributed by atoms with Gasteiger partial charge >= 0.3 is 0 Å². The van der Waals surface area contributed by atoms with Gasteiger partial charge in [-0.15, -0.1) is 11.3 Å². The topological polar surface area (TPSA) is 15.6 Å². The van der Waals surface area contributed by atoms with Crippen LogP contribution in [-0.4, -0.2) is 13.3 Å². The minimum Gasteiger partial charge on any atom is -0.269 e. The van der Waals surface area contributed by atoms with E-state index in [1.165, 1.54) is 15.6 Å². The molecule has 0 saturated carbocycles. The first kappa shape index (κ1) is 11.9. The lowest BCUT2D eigenvalue weighted by atomic mass is 10.2. The molecule has 94 valence electrons. The molecule has 1 aromatic heterocycles. The smallest absolute Gasteiger partial charge is 0.0590 e. The summed E-state index contributed by atoms with van der Waals surface area (Å²) in [6, 6.07) is 18.5. The van der Waals surface area contributed by atoms with Crippen LogP contribution in [0.4, 0.5) is 5.69 Å². The Bertz CT molecular complexity index is 701. The van der Waals surface area contributed by atoms with Gasteiger partial charge in [-0.2, -0.15) is 5.10 Å². The van der Waals surface area contributed by atoms with Gasteiger partial charge < -0.3 is 0 Å². The molecule has 0 unspecified atom stereocenters. The van der Waals surface area contributed by atoms with Crippen LogP contribution in [0.3, 0.4) is 0 Å². The third-order valence-electron chi connectivity index (χ3n) is 3.01. The molecule has 0 spiro atoms. The van der Waals surface area contributed by atoms with Gasteiger partial charge in [0.05, 0.1) is 11.9 Å². The summed E-state index contributed by atoms with van der Waals surface area (Å²) in [5.74, 6) is 0. The molecule has 1 heterocycles. The largest absolute Gasteiger partial charge is 0.269 e. The number of rotatable bonds is 3. The van der Waals surface area contributed by atoms with Crippen LogP contribution in [0.2, 0.25) is 0 Å². The molecule has 0 radical (unpaired) electrons. The number of benzene rings is 2. The Balaban J connectivity index is 1.87. The van der Waals surface area contributed by atoms with E-state index >= 15 is 0 Å². The molecule has 0 saturated heterocycles. The molecule has 2 nitrogen and oxygen atoms in total. The van der Waals surface area contributed by atoms with Crippen molar-refractivity contribution in [1.29, 1.82) is 0 Å². The molecule has 3 aromatic rings. The molecule has 19 heavy (non-hydrogen) atoms. The van der Waals surface area contributed by atoms with Crippen LogP contribution < -0.4 is 5.01 Å². The lowest BCUT2D eigenvalue weighted by Crippen LogP contribution is -2.08. The first-order valence-corrected chi connectivity index (χ1v) is 7.01. The van der Waals surface area contributed by atoms with E-state index in [9.17, 15) is 0 Å². The molecular formula is C16H14N2S. The fourth-order valence-electron chi connectivity index (χ4n) is 1.96. The summed E-state index contributed by atoms with van der Waals surface area (Å²) in [5, 5.41) is 9.79. The molecule has 0 bridgehead atoms. The fraction of sp³-hybridized carbons (Fsp3) is 0.0625. The average molecular weight is 266 g/mol. The Morgan fingerprint density at radius 2 is 1.74 bits per heavy atom. The number of para-hydroxylation sites is 1. The number of hydrazone groups is 1. The van der Waals surface area contributed by atoms with Gasteiger partial charge in [-0.05, 0) is 18.2 Å². The van der Waals surface area contributed by atoms with E-state index in [0.29, 0.717) is 0 Å². The summed E-state index contributed by atoms with van der Waals surface area (Å²) in [4.78, 5) is 0. The van der Waals surface area contributed by atoms with E-state index < -0.39 is 0 Å². The molecule has 0 aliphatic rings. The second kappa shape index (κ2) is 5.24. The fourth-order valence-corrected chi connectivity index (χ4v) is 2.87. The first-order chi connectivity index (χ1) is 9.34. The molecule has 2 aromatic carbocycles. The SMILES string of the molecule is CN(/N=C/c1csc2ccccc12)c1ccccc1. The Labute approximate surface area is 116 Å². The molecule has 3 heteroatoms. The normalized spacial score (nSPS) is 11.2. The maximum Gasteiger partial charge on any atom is 0.0590 e. The molecule has 3 rings (SSSR count). The Hall–Kier alpha value is -2.13. The zero-order valence-corrected chi connectivity index (χ0v) is 11.5. The summed E-state index contributed by atoms with van der Waals surface area (Å²) < 4.78 is 1.30. The first-order valence-electron chi connectivity index (χ1n) is 6.13. The van der Waals surface area contributed by atoms with Crippen molar-refractivity contribution in [2.75, 3.05) is 12.1 Å². The third-order valence-corrected chi connectivity index (χ3v) is 3.99. The van der Waals surface area contributed by atoms with E-state index in [-0.39, 0.29) is 0 Å². The van der Waals surface area contributed by atoms with Crippen molar-refractivity contribution >= 4 is 33.3 Å². The van der Waals surface area contributed by atoms with Crippen LogP contribution >= 0.6 is 11.3 Å². The zero-order valence-electron chi connectivity index (χ0n) is 10.7. The Morgan fingerprint density at radius 1 is 1.00 bits per heavy atom. The maximum atomic E-state index is 4.50. The highest BCUT2D eigenvalue weighted by Gasteiger charge is 2.01. The average Bonchev–Trinajstić information content (AvgIpc) is 2.89. The van der Waals surface area contributed by atoms with Gasteiger partial charge in [-0.25, -0.2) is 0 Å². The number of nitrogens with zero attached hydrogens (tertiary/aromatic N) is 2. The number of thiophene rings is 1. The van der Waals surface area contributed by atoms with Crippen molar-refractivity contribution in [2.24, 2.45) is 5.10 Å². The van der Waals surface area contributed by atoms with Crippen molar-refractivity contribution in [2.45, 2.75) is 0 Å². The predicted molar refractivity (Wildman–Crippen MR) is 84.3 cm³/mol. The number of hydrogen-bond donors (Lipinski definition) is 0. The summed E-state index contributed by atoms with van der Waals surface area (Å²) in [6.45, 7) is 0. The van der Waals surface area contributed by atoms with E-state index in [0.717, 1.165) is 5.69 Å². The number of hydrogen-bond acceptors (Lipinski definition) is 3. The van der Waals surface area contributed by atoms with Gasteiger partial charge in [0.1, 0.15) is 0 Å². The van der Waals surface area contributed by atoms with Gasteiger partial charge in [0.25, 0.3) is 0 Å². The van der Waals surface area contributed by atoms with Crippen molar-refractivity contribution in [3.8, 4) is 0 Å². The standard InChI is InChI=1S/C16H14N2S/c1-18(14-7-3-2-4-8-14)17-11-13-12-19-16-10-6-5-9-15(13)16/h2-12H,1H3/b17-11+. The minimum absolute atomic E-state index is 1.08. The minimum atomic E-state index is 1.08. The summed E-state index contributed by atoms with van der Waals surface area (Å²) in [7, 11) is 1.96. The summed E-state index contributed by atoms with van der Waals surface area (Å²) in [5.41, 5.74) is 2.25. The molecule has 0 aliphatic heterocycles. The summed E-state index contributed by atoms with van der Waals surface area (Å²) in [6.07, 6.45) is 1.92. The van der Waals surface area contributed by atoms with Crippen LogP contribution in [0, 0.1) is 0 Å². The van der Waals surface area contributed by atoms with E-state index in [1.54, 1.807) is 11.3 Å². The van der Waals surface area contributed by atoms with Crippen LogP contribution in [0.1, 0.15) is 5.56 Å². The van der Waals surface area contributed by atoms with Gasteiger partial charge in [-0.3, -0.25) is 5.01 Å². The summed E-state index contributed by atoms with van der Waals surface area (Å²) >= 11 is 1.75. The van der Waals surface area contributed by atoms with E-state index in [1.807, 2.05) is 48.6 Å². The zero-order chi connectivity index (χ0) is 13.1. The molecule has 0 amide bonds. The van der Waals surface area contributed by atoms with Crippen LogP contribution in [-0.2, 0) is 0 Å². The highest BCUT2D eigenvalue weighted by atomic mass is 32.1. The van der Waals surface area contributed by atoms with Crippen molar-refractivity contribution in [1.82, 2.24) is 0 Å². The van der Waals surface area contributed by atoms with Crippen molar-refractivity contribution < 1.29 is 0 Å². The van der Waals surface area contributed by atoms with Gasteiger partial charge in [0.15, 0.2) is 0 Å². The van der Waals surface area contributed by atoms with Gasteiger partial charge in [0, 0.05) is 28.1 Å². The van der Waals surface area contributed by atoms with Crippen LogP contribution in [0.5, 0.6) is 0 Å². The highest BCUT2D eigenvalue weighted by Crippen LogP contribution is 2.24. The van der Waals surface area contributed by atoms with Crippen molar-refractivity contribution in [3.63, 3.8) is 0 Å². The second-order valence-corrected chi connectivity index (χ2v) is 5.20. The number of anilines is 1. The Kier molecular flexibility index (Phi) is 3.29. The van der Waals surface area contributed by atoms with Crippen LogP contribution in [0.25, 0.3) is 10.1 Å². The highest BCUT2D eigenvalue weighted by molar-refractivity contribution is 7.17. The monoisotopic (exact) mass is 266 g/mol. The maximum absolute atomic E-state index is 4.50. The molecule has 0 N–H and O–H groups in total. The van der Waals surface area contributed by atoms with Gasteiger partial charge in [-0.1, -0.05) is 36.4 Å². The molecule has 0 aliphatic carbocycles. The predicted octanol–water partition coefficient (Wildman–Crippen LogP) is 4.37. The van der Waals surface area contributed by atoms with E-state index in [2.05, 4.69) is 34.7 Å². The lowest BCUT2D eigenvalue weighted by Gasteiger charge is -2.11. The van der Waals surface area contributed by atoms with Gasteiger partial charge in [0.2, 0.25) is 0 Å². The molecule has 0 atom stereocenters. The second-order valence-electron chi connectivity index (χ2n) is 4.29. The van der Waals surface area contributed by atoms with Crippen molar-refractivity contribution in [3.05, 3.63) is 65.5 Å². The third kappa shape index (κ3) is 2.51.